The molecule has 0 aromatic heterocycles. The number of benzene rings is 2. The number of carbonyl (C=O) groups is 1. The lowest BCUT2D eigenvalue weighted by Crippen LogP contribution is -2.49. The number of methoxy groups -OCH3 is 1. The lowest BCUT2D eigenvalue weighted by Gasteiger charge is -2.34. The van der Waals surface area contributed by atoms with Crippen LogP contribution in [0.2, 0.25) is 0 Å². The summed E-state index contributed by atoms with van der Waals surface area (Å²) in [7, 11) is 1.70. The number of carbonyl (C=O) groups excluding carboxylic acids is 1. The van der Waals surface area contributed by atoms with Gasteiger partial charge in [0.1, 0.15) is 5.75 Å². The van der Waals surface area contributed by atoms with Crippen LogP contribution in [-0.2, 0) is 11.3 Å². The second-order valence-electron chi connectivity index (χ2n) is 7.10. The number of amides is 1. The van der Waals surface area contributed by atoms with E-state index in [1.165, 1.54) is 5.56 Å². The largest absolute Gasteiger partial charge is 0.497 e. The van der Waals surface area contributed by atoms with E-state index >= 15 is 0 Å². The van der Waals surface area contributed by atoms with Crippen LogP contribution in [-0.4, -0.2) is 55.5 Å². The number of rotatable bonds is 7. The first-order chi connectivity index (χ1) is 13.1. The molecule has 144 valence electrons. The minimum Gasteiger partial charge on any atom is -0.497 e. The van der Waals surface area contributed by atoms with E-state index in [1.54, 1.807) is 7.11 Å². The van der Waals surface area contributed by atoms with Crippen LogP contribution in [0.5, 0.6) is 5.75 Å². The van der Waals surface area contributed by atoms with Gasteiger partial charge in [-0.25, -0.2) is 0 Å². The van der Waals surface area contributed by atoms with Crippen molar-refractivity contribution in [3.8, 4) is 5.75 Å². The Morgan fingerprint density at radius 3 is 2.44 bits per heavy atom. The molecular weight excluding hydrogens is 338 g/mol. The van der Waals surface area contributed by atoms with Gasteiger partial charge in [-0.3, -0.25) is 14.6 Å². The van der Waals surface area contributed by atoms with Gasteiger partial charge in [0.15, 0.2) is 0 Å². The van der Waals surface area contributed by atoms with Gasteiger partial charge in [-0.2, -0.15) is 0 Å². The molecule has 0 bridgehead atoms. The van der Waals surface area contributed by atoms with E-state index in [0.29, 0.717) is 6.54 Å². The SMILES string of the molecule is COc1cccc(CN2CCN(CC(=O)N[C@@H](C)c3ccccc3)CC2)c1. The zero-order valence-electron chi connectivity index (χ0n) is 16.2. The Morgan fingerprint density at radius 2 is 1.74 bits per heavy atom. The summed E-state index contributed by atoms with van der Waals surface area (Å²) < 4.78 is 5.30. The second-order valence-corrected chi connectivity index (χ2v) is 7.10. The van der Waals surface area contributed by atoms with E-state index in [4.69, 9.17) is 4.74 Å². The minimum atomic E-state index is 0.0352. The molecule has 1 heterocycles. The molecule has 1 aliphatic rings. The van der Waals surface area contributed by atoms with Crippen molar-refractivity contribution >= 4 is 5.91 Å². The zero-order valence-corrected chi connectivity index (χ0v) is 16.2. The normalized spacial score (nSPS) is 16.7. The summed E-state index contributed by atoms with van der Waals surface area (Å²) in [5.41, 5.74) is 2.39. The van der Waals surface area contributed by atoms with E-state index in [9.17, 15) is 4.79 Å². The molecule has 1 fully saturated rings. The van der Waals surface area contributed by atoms with Crippen LogP contribution in [0.1, 0.15) is 24.1 Å². The quantitative estimate of drug-likeness (QED) is 0.817. The molecule has 5 nitrogen and oxygen atoms in total. The first kappa shape index (κ1) is 19.4. The van der Waals surface area contributed by atoms with Gasteiger partial charge in [0, 0.05) is 32.7 Å². The van der Waals surface area contributed by atoms with Crippen LogP contribution in [0.4, 0.5) is 0 Å². The molecule has 27 heavy (non-hydrogen) atoms. The summed E-state index contributed by atoms with van der Waals surface area (Å²) >= 11 is 0. The number of ether oxygens (including phenoxy) is 1. The highest BCUT2D eigenvalue weighted by atomic mass is 16.5. The number of hydrogen-bond donors (Lipinski definition) is 1. The Hall–Kier alpha value is -2.37. The van der Waals surface area contributed by atoms with E-state index in [1.807, 2.05) is 49.4 Å². The van der Waals surface area contributed by atoms with E-state index in [0.717, 1.165) is 44.0 Å². The van der Waals surface area contributed by atoms with Crippen molar-refractivity contribution in [2.24, 2.45) is 0 Å². The highest BCUT2D eigenvalue weighted by Crippen LogP contribution is 2.15. The summed E-state index contributed by atoms with van der Waals surface area (Å²) in [5.74, 6) is 0.989. The number of piperazine rings is 1. The zero-order chi connectivity index (χ0) is 19.1. The van der Waals surface area contributed by atoms with Gasteiger partial charge in [0.25, 0.3) is 0 Å². The van der Waals surface area contributed by atoms with Crippen LogP contribution in [0, 0.1) is 0 Å². The highest BCUT2D eigenvalue weighted by Gasteiger charge is 2.20. The Morgan fingerprint density at radius 1 is 1.04 bits per heavy atom. The molecule has 1 amide bonds. The second kappa shape index (κ2) is 9.53. The first-order valence-electron chi connectivity index (χ1n) is 9.56. The van der Waals surface area contributed by atoms with Crippen molar-refractivity contribution < 1.29 is 9.53 Å². The number of hydrogen-bond acceptors (Lipinski definition) is 4. The summed E-state index contributed by atoms with van der Waals surface area (Å²) in [6, 6.07) is 18.3. The van der Waals surface area contributed by atoms with Crippen LogP contribution in [0.15, 0.2) is 54.6 Å². The molecule has 0 saturated carbocycles. The van der Waals surface area contributed by atoms with Crippen molar-refractivity contribution in [3.63, 3.8) is 0 Å². The Bertz CT molecular complexity index is 727. The molecule has 0 unspecified atom stereocenters. The molecule has 0 radical (unpaired) electrons. The molecule has 1 N–H and O–H groups in total. The minimum absolute atomic E-state index is 0.0352. The molecule has 0 aliphatic carbocycles. The smallest absolute Gasteiger partial charge is 0.234 e. The van der Waals surface area contributed by atoms with Gasteiger partial charge < -0.3 is 10.1 Å². The molecule has 0 spiro atoms. The topological polar surface area (TPSA) is 44.8 Å². The van der Waals surface area contributed by atoms with Gasteiger partial charge in [-0.1, -0.05) is 42.5 Å². The fourth-order valence-electron chi connectivity index (χ4n) is 3.45. The fourth-order valence-corrected chi connectivity index (χ4v) is 3.45. The maximum atomic E-state index is 12.4. The molecule has 2 aromatic carbocycles. The fraction of sp³-hybridized carbons (Fsp3) is 0.409. The maximum Gasteiger partial charge on any atom is 0.234 e. The van der Waals surface area contributed by atoms with Gasteiger partial charge in [-0.05, 0) is 30.2 Å². The van der Waals surface area contributed by atoms with Gasteiger partial charge in [0.2, 0.25) is 5.91 Å². The van der Waals surface area contributed by atoms with Crippen molar-refractivity contribution in [1.82, 2.24) is 15.1 Å². The summed E-state index contributed by atoms with van der Waals surface area (Å²) in [4.78, 5) is 17.0. The Balaban J connectivity index is 1.41. The van der Waals surface area contributed by atoms with Crippen LogP contribution in [0.3, 0.4) is 0 Å². The van der Waals surface area contributed by atoms with Crippen molar-refractivity contribution in [2.75, 3.05) is 39.8 Å². The third-order valence-corrected chi connectivity index (χ3v) is 5.05. The monoisotopic (exact) mass is 367 g/mol. The Kier molecular flexibility index (Phi) is 6.85. The third-order valence-electron chi connectivity index (χ3n) is 5.05. The number of nitrogens with zero attached hydrogens (tertiary/aromatic N) is 2. The molecule has 1 atom stereocenters. The van der Waals surface area contributed by atoms with Crippen LogP contribution >= 0.6 is 0 Å². The van der Waals surface area contributed by atoms with Crippen molar-refractivity contribution in [1.29, 1.82) is 0 Å². The molecule has 5 heteroatoms. The first-order valence-corrected chi connectivity index (χ1v) is 9.56. The molecule has 1 aliphatic heterocycles. The molecule has 2 aromatic rings. The summed E-state index contributed by atoms with van der Waals surface area (Å²) in [6.07, 6.45) is 0. The van der Waals surface area contributed by atoms with Crippen molar-refractivity contribution in [2.45, 2.75) is 19.5 Å². The lowest BCUT2D eigenvalue weighted by molar-refractivity contribution is -0.123. The predicted molar refractivity (Wildman–Crippen MR) is 108 cm³/mol. The lowest BCUT2D eigenvalue weighted by atomic mass is 10.1. The highest BCUT2D eigenvalue weighted by molar-refractivity contribution is 5.78. The summed E-state index contributed by atoms with van der Waals surface area (Å²) in [5, 5.41) is 3.10. The molecular formula is C22H29N3O2. The van der Waals surface area contributed by atoms with Crippen molar-refractivity contribution in [3.05, 3.63) is 65.7 Å². The van der Waals surface area contributed by atoms with Gasteiger partial charge in [0.05, 0.1) is 19.7 Å². The third kappa shape index (κ3) is 5.81. The van der Waals surface area contributed by atoms with E-state index in [2.05, 4.69) is 27.2 Å². The van der Waals surface area contributed by atoms with E-state index in [-0.39, 0.29) is 11.9 Å². The van der Waals surface area contributed by atoms with E-state index < -0.39 is 0 Å². The number of nitrogens with one attached hydrogen (secondary N) is 1. The maximum absolute atomic E-state index is 12.4. The molecule has 1 saturated heterocycles. The Labute approximate surface area is 161 Å². The predicted octanol–water partition coefficient (Wildman–Crippen LogP) is 2.69. The average Bonchev–Trinajstić information content (AvgIpc) is 2.70. The molecule has 3 rings (SSSR count). The van der Waals surface area contributed by atoms with Crippen LogP contribution < -0.4 is 10.1 Å². The average molecular weight is 367 g/mol. The van der Waals surface area contributed by atoms with Gasteiger partial charge >= 0.3 is 0 Å². The standard InChI is InChI=1S/C22H29N3O2/c1-18(20-8-4-3-5-9-20)23-22(26)17-25-13-11-24(12-14-25)16-19-7-6-10-21(15-19)27-2/h3-10,15,18H,11-14,16-17H2,1-2H3,(H,23,26)/t18-/m0/s1. The summed E-state index contributed by atoms with van der Waals surface area (Å²) in [6.45, 7) is 7.18. The van der Waals surface area contributed by atoms with Crippen LogP contribution in [0.25, 0.3) is 0 Å². The van der Waals surface area contributed by atoms with Gasteiger partial charge in [-0.15, -0.1) is 0 Å².